The van der Waals surface area contributed by atoms with Crippen molar-refractivity contribution in [3.05, 3.63) is 0 Å². The van der Waals surface area contributed by atoms with Gasteiger partial charge in [-0.2, -0.15) is 0 Å². The third-order valence-corrected chi connectivity index (χ3v) is 6.95. The number of hydrogen-bond donors (Lipinski definition) is 0. The highest BCUT2D eigenvalue weighted by molar-refractivity contribution is 7.88. The summed E-state index contributed by atoms with van der Waals surface area (Å²) in [4.78, 5) is 5.22. The molecule has 0 amide bonds. The van der Waals surface area contributed by atoms with E-state index in [1.54, 1.807) is 4.31 Å². The summed E-state index contributed by atoms with van der Waals surface area (Å²) in [5, 5.41) is 0. The molecule has 0 saturated carbocycles. The summed E-state index contributed by atoms with van der Waals surface area (Å²) >= 11 is 0. The summed E-state index contributed by atoms with van der Waals surface area (Å²) in [6.07, 6.45) is 3.38. The van der Waals surface area contributed by atoms with Crippen LogP contribution in [-0.4, -0.2) is 81.1 Å². The molecule has 0 aromatic heterocycles. The highest BCUT2D eigenvalue weighted by Crippen LogP contribution is 2.32. The first-order chi connectivity index (χ1) is 9.95. The Hall–Kier alpha value is -0.170. The fourth-order valence-corrected chi connectivity index (χ4v) is 5.26. The van der Waals surface area contributed by atoms with Gasteiger partial charge in [-0.1, -0.05) is 6.92 Å². The van der Waals surface area contributed by atoms with Gasteiger partial charge in [0, 0.05) is 45.8 Å². The van der Waals surface area contributed by atoms with E-state index in [0.29, 0.717) is 19.0 Å². The van der Waals surface area contributed by atoms with Crippen LogP contribution in [-0.2, 0) is 10.0 Å². The lowest BCUT2D eigenvalue weighted by Crippen LogP contribution is -2.41. The fourth-order valence-electron chi connectivity index (χ4n) is 4.38. The third kappa shape index (κ3) is 3.60. The van der Waals surface area contributed by atoms with Crippen molar-refractivity contribution in [3.8, 4) is 0 Å². The van der Waals surface area contributed by atoms with Crippen molar-refractivity contribution in [1.29, 1.82) is 0 Å². The number of piperidine rings is 1. The van der Waals surface area contributed by atoms with E-state index in [1.165, 1.54) is 45.5 Å². The first-order valence-electron chi connectivity index (χ1n) is 8.35. The van der Waals surface area contributed by atoms with Gasteiger partial charge in [0.15, 0.2) is 0 Å². The molecular formula is C15H29N3O2S. The summed E-state index contributed by atoms with van der Waals surface area (Å²) < 4.78 is 24.7. The van der Waals surface area contributed by atoms with Crippen LogP contribution in [0.1, 0.15) is 19.8 Å². The summed E-state index contributed by atoms with van der Waals surface area (Å²) in [7, 11) is -2.98. The molecule has 6 heteroatoms. The molecule has 3 heterocycles. The summed E-state index contributed by atoms with van der Waals surface area (Å²) in [5.74, 6) is 2.44. The Labute approximate surface area is 129 Å². The van der Waals surface area contributed by atoms with Gasteiger partial charge in [-0.15, -0.1) is 0 Å². The number of hydrogen-bond acceptors (Lipinski definition) is 4. The Balaban J connectivity index is 1.44. The van der Waals surface area contributed by atoms with Gasteiger partial charge in [-0.05, 0) is 37.1 Å². The first kappa shape index (κ1) is 15.7. The molecule has 3 aliphatic rings. The summed E-state index contributed by atoms with van der Waals surface area (Å²) in [6, 6.07) is 0. The smallest absolute Gasteiger partial charge is 0.211 e. The lowest BCUT2D eigenvalue weighted by atomic mass is 9.97. The van der Waals surface area contributed by atoms with Gasteiger partial charge in [0.2, 0.25) is 10.0 Å². The van der Waals surface area contributed by atoms with Gasteiger partial charge >= 0.3 is 0 Å². The number of rotatable bonds is 4. The van der Waals surface area contributed by atoms with Gasteiger partial charge in [0.1, 0.15) is 0 Å². The van der Waals surface area contributed by atoms with Crippen LogP contribution >= 0.6 is 0 Å². The average molecular weight is 315 g/mol. The Morgan fingerprint density at radius 3 is 1.95 bits per heavy atom. The van der Waals surface area contributed by atoms with Crippen molar-refractivity contribution in [3.63, 3.8) is 0 Å². The van der Waals surface area contributed by atoms with Crippen molar-refractivity contribution in [1.82, 2.24) is 14.1 Å². The largest absolute Gasteiger partial charge is 0.303 e. The van der Waals surface area contributed by atoms with Crippen molar-refractivity contribution >= 4 is 10.0 Å². The standard InChI is InChI=1S/C15H29N3O2S/c1-3-16-9-14-11-17(12-15(14)10-16)8-13-4-6-18(7-5-13)21(2,19)20/h13-15H,3-12H2,1-2H3. The van der Waals surface area contributed by atoms with Crippen LogP contribution in [0.25, 0.3) is 0 Å². The van der Waals surface area contributed by atoms with Gasteiger partial charge in [-0.3, -0.25) is 0 Å². The molecule has 122 valence electrons. The van der Waals surface area contributed by atoms with Crippen LogP contribution in [0.3, 0.4) is 0 Å². The lowest BCUT2D eigenvalue weighted by Gasteiger charge is -2.32. The predicted octanol–water partition coefficient (Wildman–Crippen LogP) is 0.542. The fraction of sp³-hybridized carbons (Fsp3) is 1.00. The van der Waals surface area contributed by atoms with Crippen LogP contribution in [0, 0.1) is 17.8 Å². The van der Waals surface area contributed by atoms with Crippen molar-refractivity contribution in [2.24, 2.45) is 17.8 Å². The number of nitrogens with zero attached hydrogens (tertiary/aromatic N) is 3. The van der Waals surface area contributed by atoms with E-state index in [-0.39, 0.29) is 0 Å². The van der Waals surface area contributed by atoms with Crippen LogP contribution in [0.15, 0.2) is 0 Å². The van der Waals surface area contributed by atoms with Crippen molar-refractivity contribution in [2.45, 2.75) is 19.8 Å². The number of likely N-dealkylation sites (tertiary alicyclic amines) is 2. The second-order valence-electron chi connectivity index (χ2n) is 7.20. The van der Waals surface area contributed by atoms with Crippen LogP contribution in [0.5, 0.6) is 0 Å². The third-order valence-electron chi connectivity index (χ3n) is 5.64. The number of fused-ring (bicyclic) bond motifs is 1. The maximum Gasteiger partial charge on any atom is 0.211 e. The zero-order valence-electron chi connectivity index (χ0n) is 13.4. The molecule has 0 aromatic rings. The Kier molecular flexibility index (Phi) is 4.60. The molecule has 0 bridgehead atoms. The normalized spacial score (nSPS) is 33.6. The van der Waals surface area contributed by atoms with Gasteiger partial charge in [0.25, 0.3) is 0 Å². The van der Waals surface area contributed by atoms with E-state index in [9.17, 15) is 8.42 Å². The molecule has 5 nitrogen and oxygen atoms in total. The van der Waals surface area contributed by atoms with E-state index in [1.807, 2.05) is 0 Å². The first-order valence-corrected chi connectivity index (χ1v) is 10.2. The SMILES string of the molecule is CCN1CC2CN(CC3CCN(S(C)(=O)=O)CC3)CC2C1. The monoisotopic (exact) mass is 315 g/mol. The molecule has 2 atom stereocenters. The topological polar surface area (TPSA) is 43.9 Å². The molecule has 3 fully saturated rings. The molecule has 0 N–H and O–H groups in total. The van der Waals surface area contributed by atoms with Crippen molar-refractivity contribution in [2.75, 3.05) is 58.6 Å². The Morgan fingerprint density at radius 2 is 1.48 bits per heavy atom. The van der Waals surface area contributed by atoms with Crippen LogP contribution < -0.4 is 0 Å². The molecule has 2 unspecified atom stereocenters. The van der Waals surface area contributed by atoms with Crippen molar-refractivity contribution < 1.29 is 8.42 Å². The summed E-state index contributed by atoms with van der Waals surface area (Å²) in [5.41, 5.74) is 0. The maximum atomic E-state index is 11.5. The minimum absolute atomic E-state index is 0.684. The molecule has 3 aliphatic heterocycles. The molecule has 3 rings (SSSR count). The minimum Gasteiger partial charge on any atom is -0.303 e. The summed E-state index contributed by atoms with van der Waals surface area (Å²) in [6.45, 7) is 11.1. The quantitative estimate of drug-likeness (QED) is 0.760. The second-order valence-corrected chi connectivity index (χ2v) is 9.18. The van der Waals surface area contributed by atoms with E-state index in [2.05, 4.69) is 16.7 Å². The van der Waals surface area contributed by atoms with E-state index < -0.39 is 10.0 Å². The zero-order chi connectivity index (χ0) is 15.0. The van der Waals surface area contributed by atoms with E-state index >= 15 is 0 Å². The molecule has 0 radical (unpaired) electrons. The minimum atomic E-state index is -2.98. The highest BCUT2D eigenvalue weighted by Gasteiger charge is 2.40. The van der Waals surface area contributed by atoms with Gasteiger partial charge in [0.05, 0.1) is 6.26 Å². The zero-order valence-corrected chi connectivity index (χ0v) is 14.2. The van der Waals surface area contributed by atoms with Crippen LogP contribution in [0.2, 0.25) is 0 Å². The second kappa shape index (κ2) is 6.14. The molecule has 21 heavy (non-hydrogen) atoms. The van der Waals surface area contributed by atoms with E-state index in [4.69, 9.17) is 0 Å². The number of sulfonamides is 1. The van der Waals surface area contributed by atoms with E-state index in [0.717, 1.165) is 24.7 Å². The Bertz CT molecular complexity index is 446. The Morgan fingerprint density at radius 1 is 0.952 bits per heavy atom. The maximum absolute atomic E-state index is 11.5. The average Bonchev–Trinajstić information content (AvgIpc) is 2.95. The molecule has 0 spiro atoms. The van der Waals surface area contributed by atoms with Gasteiger partial charge < -0.3 is 9.80 Å². The molecular weight excluding hydrogens is 286 g/mol. The highest BCUT2D eigenvalue weighted by atomic mass is 32.2. The van der Waals surface area contributed by atoms with Crippen LogP contribution in [0.4, 0.5) is 0 Å². The molecule has 0 aliphatic carbocycles. The predicted molar refractivity (Wildman–Crippen MR) is 84.7 cm³/mol. The molecule has 0 aromatic carbocycles. The van der Waals surface area contributed by atoms with Gasteiger partial charge in [-0.25, -0.2) is 12.7 Å². The molecule has 3 saturated heterocycles. The lowest BCUT2D eigenvalue weighted by molar-refractivity contribution is 0.189.